The minimum atomic E-state index is 0.576. The maximum atomic E-state index is 5.57. The highest BCUT2D eigenvalue weighted by Gasteiger charge is 2.05. The van der Waals surface area contributed by atoms with Crippen LogP contribution in [0.15, 0.2) is 41.2 Å². The van der Waals surface area contributed by atoms with Crippen molar-refractivity contribution in [2.24, 2.45) is 7.05 Å². The van der Waals surface area contributed by atoms with E-state index in [-0.39, 0.29) is 0 Å². The Hall–Kier alpha value is -1.22. The summed E-state index contributed by atoms with van der Waals surface area (Å²) in [6.45, 7) is 6.46. The maximum absolute atomic E-state index is 5.57. The number of fused-ring (bicyclic) bond motifs is 1. The minimum Gasteiger partial charge on any atom is -0.494 e. The third-order valence-electron chi connectivity index (χ3n) is 2.85. The van der Waals surface area contributed by atoms with Crippen molar-refractivity contribution in [3.05, 3.63) is 46.8 Å². The number of benzene rings is 1. The Morgan fingerprint density at radius 2 is 2.24 bits per heavy atom. The molecule has 0 bridgehead atoms. The first-order valence-electron chi connectivity index (χ1n) is 5.66. The number of aromatic nitrogens is 1. The van der Waals surface area contributed by atoms with Gasteiger partial charge in [0.25, 0.3) is 0 Å². The van der Waals surface area contributed by atoms with Crippen LogP contribution in [0, 0.1) is 0 Å². The lowest BCUT2D eigenvalue weighted by Gasteiger charge is -2.08. The van der Waals surface area contributed by atoms with Crippen LogP contribution < -0.4 is 0 Å². The van der Waals surface area contributed by atoms with E-state index in [0.29, 0.717) is 6.61 Å². The molecule has 0 fully saturated rings. The predicted octanol–water partition coefficient (Wildman–Crippen LogP) is 4.38. The SMILES string of the molecule is C=C(CC)OCc1cc(Br)c2ccn(C)c2c1. The molecule has 2 nitrogen and oxygen atoms in total. The van der Waals surface area contributed by atoms with Crippen molar-refractivity contribution in [1.82, 2.24) is 4.57 Å². The molecule has 2 aromatic rings. The van der Waals surface area contributed by atoms with Crippen LogP contribution in [0.4, 0.5) is 0 Å². The van der Waals surface area contributed by atoms with Gasteiger partial charge in [0.15, 0.2) is 0 Å². The van der Waals surface area contributed by atoms with Gasteiger partial charge in [0.1, 0.15) is 6.61 Å². The molecule has 0 amide bonds. The van der Waals surface area contributed by atoms with Crippen LogP contribution >= 0.6 is 15.9 Å². The van der Waals surface area contributed by atoms with E-state index in [0.717, 1.165) is 22.2 Å². The van der Waals surface area contributed by atoms with Crippen molar-refractivity contribution in [1.29, 1.82) is 0 Å². The van der Waals surface area contributed by atoms with Crippen LogP contribution in [0.3, 0.4) is 0 Å². The van der Waals surface area contributed by atoms with Crippen molar-refractivity contribution < 1.29 is 4.74 Å². The van der Waals surface area contributed by atoms with Crippen molar-refractivity contribution in [2.75, 3.05) is 0 Å². The second-order valence-electron chi connectivity index (χ2n) is 4.12. The lowest BCUT2D eigenvalue weighted by Crippen LogP contribution is -1.93. The molecule has 0 unspecified atom stereocenters. The van der Waals surface area contributed by atoms with Crippen molar-refractivity contribution in [2.45, 2.75) is 20.0 Å². The Morgan fingerprint density at radius 1 is 1.47 bits per heavy atom. The zero-order chi connectivity index (χ0) is 12.4. The number of hydrogen-bond acceptors (Lipinski definition) is 1. The number of ether oxygens (including phenoxy) is 1. The molecule has 3 heteroatoms. The highest BCUT2D eigenvalue weighted by molar-refractivity contribution is 9.10. The number of aryl methyl sites for hydroxylation is 1. The van der Waals surface area contributed by atoms with E-state index in [1.165, 1.54) is 10.9 Å². The van der Waals surface area contributed by atoms with E-state index < -0.39 is 0 Å². The number of hydrogen-bond donors (Lipinski definition) is 0. The first-order valence-corrected chi connectivity index (χ1v) is 6.45. The predicted molar refractivity (Wildman–Crippen MR) is 74.8 cm³/mol. The molecule has 0 aliphatic carbocycles. The average molecular weight is 294 g/mol. The first kappa shape index (κ1) is 12.2. The van der Waals surface area contributed by atoms with Crippen LogP contribution in [0.2, 0.25) is 0 Å². The zero-order valence-electron chi connectivity index (χ0n) is 10.2. The van der Waals surface area contributed by atoms with Gasteiger partial charge in [-0.1, -0.05) is 29.4 Å². The fourth-order valence-electron chi connectivity index (χ4n) is 1.75. The lowest BCUT2D eigenvalue weighted by molar-refractivity contribution is 0.193. The van der Waals surface area contributed by atoms with Crippen LogP contribution in [0.25, 0.3) is 10.9 Å². The van der Waals surface area contributed by atoms with E-state index in [1.54, 1.807) is 0 Å². The Labute approximate surface area is 110 Å². The van der Waals surface area contributed by atoms with E-state index >= 15 is 0 Å². The number of rotatable bonds is 4. The molecule has 0 aliphatic rings. The molecule has 1 aromatic carbocycles. The van der Waals surface area contributed by atoms with Crippen LogP contribution in [-0.4, -0.2) is 4.57 Å². The third-order valence-corrected chi connectivity index (χ3v) is 3.51. The van der Waals surface area contributed by atoms with E-state index in [2.05, 4.69) is 51.5 Å². The number of allylic oxidation sites excluding steroid dienone is 1. The summed E-state index contributed by atoms with van der Waals surface area (Å²) in [6.07, 6.45) is 2.92. The average Bonchev–Trinajstić information content (AvgIpc) is 2.69. The molecule has 0 saturated carbocycles. The monoisotopic (exact) mass is 293 g/mol. The van der Waals surface area contributed by atoms with Crippen LogP contribution in [-0.2, 0) is 18.4 Å². The Balaban J connectivity index is 2.29. The highest BCUT2D eigenvalue weighted by atomic mass is 79.9. The fraction of sp³-hybridized carbons (Fsp3) is 0.286. The van der Waals surface area contributed by atoms with Gasteiger partial charge in [-0.25, -0.2) is 0 Å². The molecule has 0 aliphatic heterocycles. The van der Waals surface area contributed by atoms with E-state index in [9.17, 15) is 0 Å². The molecule has 0 spiro atoms. The highest BCUT2D eigenvalue weighted by Crippen LogP contribution is 2.27. The Kier molecular flexibility index (Phi) is 3.57. The third kappa shape index (κ3) is 2.55. The molecular weight excluding hydrogens is 278 g/mol. The summed E-state index contributed by atoms with van der Waals surface area (Å²) in [5, 5.41) is 1.23. The second-order valence-corrected chi connectivity index (χ2v) is 4.97. The topological polar surface area (TPSA) is 14.2 Å². The van der Waals surface area contributed by atoms with E-state index in [4.69, 9.17) is 4.74 Å². The standard InChI is InChI=1S/C14H16BrNO/c1-4-10(2)17-9-11-7-13(15)12-5-6-16(3)14(12)8-11/h5-8H,2,4,9H2,1,3H3. The van der Waals surface area contributed by atoms with Crippen molar-refractivity contribution in [3.63, 3.8) is 0 Å². The maximum Gasteiger partial charge on any atom is 0.113 e. The smallest absolute Gasteiger partial charge is 0.113 e. The number of halogens is 1. The molecule has 0 radical (unpaired) electrons. The van der Waals surface area contributed by atoms with Crippen molar-refractivity contribution in [3.8, 4) is 0 Å². The van der Waals surface area contributed by atoms with Gasteiger partial charge in [-0.3, -0.25) is 0 Å². The van der Waals surface area contributed by atoms with Gasteiger partial charge in [0, 0.05) is 35.0 Å². The minimum absolute atomic E-state index is 0.576. The summed E-state index contributed by atoms with van der Waals surface area (Å²) in [4.78, 5) is 0. The van der Waals surface area contributed by atoms with Gasteiger partial charge >= 0.3 is 0 Å². The molecule has 1 heterocycles. The van der Waals surface area contributed by atoms with Gasteiger partial charge in [-0.2, -0.15) is 0 Å². The molecule has 17 heavy (non-hydrogen) atoms. The molecule has 2 rings (SSSR count). The summed E-state index contributed by atoms with van der Waals surface area (Å²) in [6, 6.07) is 6.36. The summed E-state index contributed by atoms with van der Waals surface area (Å²) in [5.74, 6) is 0.827. The fourth-order valence-corrected chi connectivity index (χ4v) is 2.38. The summed E-state index contributed by atoms with van der Waals surface area (Å²) >= 11 is 3.59. The Morgan fingerprint density at radius 3 is 2.94 bits per heavy atom. The zero-order valence-corrected chi connectivity index (χ0v) is 11.8. The van der Waals surface area contributed by atoms with Gasteiger partial charge in [-0.15, -0.1) is 0 Å². The molecule has 0 N–H and O–H groups in total. The molecule has 1 aromatic heterocycles. The molecule has 0 saturated heterocycles. The van der Waals surface area contributed by atoms with Gasteiger partial charge in [0.2, 0.25) is 0 Å². The van der Waals surface area contributed by atoms with E-state index in [1.807, 2.05) is 14.0 Å². The normalized spacial score (nSPS) is 10.8. The quantitative estimate of drug-likeness (QED) is 0.763. The first-order chi connectivity index (χ1) is 8.11. The second kappa shape index (κ2) is 4.96. The molecular formula is C14H16BrNO. The molecule has 90 valence electrons. The lowest BCUT2D eigenvalue weighted by atomic mass is 10.2. The molecule has 0 atom stereocenters. The Bertz CT molecular complexity index is 557. The van der Waals surface area contributed by atoms with Gasteiger partial charge in [0.05, 0.1) is 5.76 Å². The number of nitrogens with zero attached hydrogens (tertiary/aromatic N) is 1. The van der Waals surface area contributed by atoms with Gasteiger partial charge in [-0.05, 0) is 23.8 Å². The summed E-state index contributed by atoms with van der Waals surface area (Å²) in [5.41, 5.74) is 2.36. The van der Waals surface area contributed by atoms with Crippen LogP contribution in [0.5, 0.6) is 0 Å². The van der Waals surface area contributed by atoms with Crippen molar-refractivity contribution >= 4 is 26.8 Å². The summed E-state index contributed by atoms with van der Waals surface area (Å²) < 4.78 is 8.79. The summed E-state index contributed by atoms with van der Waals surface area (Å²) in [7, 11) is 2.05. The largest absolute Gasteiger partial charge is 0.494 e. The van der Waals surface area contributed by atoms with Gasteiger partial charge < -0.3 is 9.30 Å². The van der Waals surface area contributed by atoms with Crippen LogP contribution in [0.1, 0.15) is 18.9 Å².